The Labute approximate surface area is 212 Å². The molecule has 1 N–H and O–H groups in total. The summed E-state index contributed by atoms with van der Waals surface area (Å²) in [6.07, 6.45) is 2.26. The van der Waals surface area contributed by atoms with Gasteiger partial charge in [0.15, 0.2) is 5.60 Å². The fourth-order valence-corrected chi connectivity index (χ4v) is 3.91. The van der Waals surface area contributed by atoms with E-state index in [-0.39, 0.29) is 24.5 Å². The maximum atomic E-state index is 13.3. The van der Waals surface area contributed by atoms with E-state index in [2.05, 4.69) is 16.4 Å². The second-order valence-electron chi connectivity index (χ2n) is 9.28. The third-order valence-electron chi connectivity index (χ3n) is 5.93. The highest BCUT2D eigenvalue weighted by atomic mass is 18.2. The molecule has 1 heterocycles. The van der Waals surface area contributed by atoms with Crippen LogP contribution in [-0.4, -0.2) is 35.8 Å². The number of halogens is 1. The van der Waals surface area contributed by atoms with Gasteiger partial charge in [0.05, 0.1) is 11.6 Å². The number of carbonyl (C=O) groups is 1. The number of nitrogens with one attached hydrogen (secondary N) is 1. The molecule has 7 heteroatoms. The largest absolute Gasteiger partial charge is 0.491 e. The SMILES string of the molecule is Cc1ccnc(OC(C)(C)C(=O)N[C@@H](C)[C@@H](Cc2ccc(OCC[18F])cc2)c2cccc(C#N)c2)c1. The number of alkyl halides is 1. The number of rotatable bonds is 11. The van der Waals surface area contributed by atoms with Crippen LogP contribution in [0.1, 0.15) is 48.9 Å². The fraction of sp³-hybridized carbons (Fsp3) is 0.345. The Morgan fingerprint density at radius 1 is 1.17 bits per heavy atom. The summed E-state index contributed by atoms with van der Waals surface area (Å²) in [5.74, 6) is 0.600. The first kappa shape index (κ1) is 26.7. The van der Waals surface area contributed by atoms with Gasteiger partial charge in [-0.05, 0) is 81.1 Å². The average Bonchev–Trinajstić information content (AvgIpc) is 2.86. The molecule has 2 aromatic carbocycles. The van der Waals surface area contributed by atoms with Gasteiger partial charge in [0, 0.05) is 24.2 Å². The van der Waals surface area contributed by atoms with Crippen molar-refractivity contribution < 1.29 is 18.7 Å². The summed E-state index contributed by atoms with van der Waals surface area (Å²) < 4.78 is 23.7. The zero-order chi connectivity index (χ0) is 26.1. The van der Waals surface area contributed by atoms with E-state index in [1.165, 1.54) is 0 Å². The molecule has 1 aromatic heterocycles. The van der Waals surface area contributed by atoms with Crippen molar-refractivity contribution in [3.8, 4) is 17.7 Å². The Bertz CT molecular complexity index is 1200. The Hall–Kier alpha value is -3.92. The van der Waals surface area contributed by atoms with E-state index in [0.717, 1.165) is 16.7 Å². The maximum absolute atomic E-state index is 13.3. The van der Waals surface area contributed by atoms with Gasteiger partial charge in [-0.1, -0.05) is 24.3 Å². The molecule has 0 saturated carbocycles. The van der Waals surface area contributed by atoms with E-state index in [1.807, 2.05) is 62.4 Å². The molecule has 1 amide bonds. The lowest BCUT2D eigenvalue weighted by Gasteiger charge is -2.30. The van der Waals surface area contributed by atoms with Crippen LogP contribution in [0.15, 0.2) is 66.9 Å². The molecule has 0 radical (unpaired) electrons. The van der Waals surface area contributed by atoms with Crippen LogP contribution in [0.2, 0.25) is 0 Å². The van der Waals surface area contributed by atoms with Crippen molar-refractivity contribution in [3.05, 3.63) is 89.1 Å². The number of nitriles is 1. The smallest absolute Gasteiger partial charge is 0.263 e. The zero-order valence-electron chi connectivity index (χ0n) is 21.1. The van der Waals surface area contributed by atoms with Crippen molar-refractivity contribution in [2.24, 2.45) is 0 Å². The molecule has 2 atom stereocenters. The lowest BCUT2D eigenvalue weighted by Crippen LogP contribution is -2.51. The van der Waals surface area contributed by atoms with E-state index >= 15 is 0 Å². The van der Waals surface area contributed by atoms with Crippen molar-refractivity contribution in [1.82, 2.24) is 10.3 Å². The van der Waals surface area contributed by atoms with E-state index in [0.29, 0.717) is 23.6 Å². The molecule has 188 valence electrons. The first-order valence-electron chi connectivity index (χ1n) is 11.9. The van der Waals surface area contributed by atoms with Crippen LogP contribution in [0.4, 0.5) is 4.39 Å². The number of benzene rings is 2. The third kappa shape index (κ3) is 7.29. The van der Waals surface area contributed by atoms with Crippen LogP contribution >= 0.6 is 0 Å². The predicted octanol–water partition coefficient (Wildman–Crippen LogP) is 5.30. The summed E-state index contributed by atoms with van der Waals surface area (Å²) in [4.78, 5) is 17.5. The standard InChI is InChI=1S/C29H32FN3O3/c1-20-12-14-32-27(16-20)36-29(3,4)28(34)33-21(2)26(24-7-5-6-23(17-24)19-31)18-22-8-10-25(11-9-22)35-15-13-30/h5-12,14,16-17,21,26H,13,15,18H2,1-4H3,(H,33,34)/t21-,26+/m0/s1/i30-1. The number of pyridine rings is 1. The third-order valence-corrected chi connectivity index (χ3v) is 5.93. The number of aromatic nitrogens is 1. The molecule has 0 spiro atoms. The highest BCUT2D eigenvalue weighted by Gasteiger charge is 2.33. The average molecular weight is 489 g/mol. The number of amides is 1. The molecule has 0 aliphatic carbocycles. The lowest BCUT2D eigenvalue weighted by molar-refractivity contribution is -0.135. The van der Waals surface area contributed by atoms with Gasteiger partial charge in [0.25, 0.3) is 5.91 Å². The highest BCUT2D eigenvalue weighted by molar-refractivity contribution is 5.85. The van der Waals surface area contributed by atoms with Gasteiger partial charge < -0.3 is 14.8 Å². The molecule has 6 nitrogen and oxygen atoms in total. The number of nitrogens with zero attached hydrogens (tertiary/aromatic N) is 2. The number of aryl methyl sites for hydroxylation is 1. The van der Waals surface area contributed by atoms with Crippen LogP contribution in [-0.2, 0) is 11.2 Å². The van der Waals surface area contributed by atoms with Crippen LogP contribution in [0, 0.1) is 18.3 Å². The summed E-state index contributed by atoms with van der Waals surface area (Å²) in [6.45, 7) is 6.77. The van der Waals surface area contributed by atoms with Crippen molar-refractivity contribution in [3.63, 3.8) is 0 Å². The molecular weight excluding hydrogens is 456 g/mol. The Kier molecular flexibility index (Phi) is 9.02. The second-order valence-corrected chi connectivity index (χ2v) is 9.28. The molecule has 3 aromatic rings. The molecule has 0 aliphatic heterocycles. The maximum Gasteiger partial charge on any atom is 0.263 e. The summed E-state index contributed by atoms with van der Waals surface area (Å²) in [6, 6.07) is 20.5. The fourth-order valence-electron chi connectivity index (χ4n) is 3.91. The number of hydrogen-bond acceptors (Lipinski definition) is 5. The van der Waals surface area contributed by atoms with E-state index in [9.17, 15) is 14.4 Å². The van der Waals surface area contributed by atoms with Crippen LogP contribution in [0.3, 0.4) is 0 Å². The summed E-state index contributed by atoms with van der Waals surface area (Å²) in [5, 5.41) is 12.5. The summed E-state index contributed by atoms with van der Waals surface area (Å²) >= 11 is 0. The molecule has 0 saturated heterocycles. The molecule has 0 fully saturated rings. The van der Waals surface area contributed by atoms with Gasteiger partial charge in [-0.3, -0.25) is 4.79 Å². The second kappa shape index (κ2) is 12.2. The molecule has 0 bridgehead atoms. The lowest BCUT2D eigenvalue weighted by atomic mass is 9.85. The Morgan fingerprint density at radius 2 is 1.92 bits per heavy atom. The van der Waals surface area contributed by atoms with E-state index in [1.54, 1.807) is 32.2 Å². The molecule has 3 rings (SSSR count). The van der Waals surface area contributed by atoms with Crippen molar-refractivity contribution in [2.45, 2.75) is 51.7 Å². The van der Waals surface area contributed by atoms with Crippen molar-refractivity contribution in [1.29, 1.82) is 5.26 Å². The highest BCUT2D eigenvalue weighted by Crippen LogP contribution is 2.27. The zero-order valence-corrected chi connectivity index (χ0v) is 21.1. The molecule has 36 heavy (non-hydrogen) atoms. The quantitative estimate of drug-likeness (QED) is 0.396. The van der Waals surface area contributed by atoms with Gasteiger partial charge in [-0.25, -0.2) is 9.37 Å². The van der Waals surface area contributed by atoms with Gasteiger partial charge in [-0.2, -0.15) is 5.26 Å². The summed E-state index contributed by atoms with van der Waals surface area (Å²) in [7, 11) is 0. The normalized spacial score (nSPS) is 12.8. The van der Waals surface area contributed by atoms with Crippen LogP contribution in [0.5, 0.6) is 11.6 Å². The first-order valence-corrected chi connectivity index (χ1v) is 11.9. The minimum Gasteiger partial charge on any atom is -0.491 e. The van der Waals surface area contributed by atoms with Gasteiger partial charge in [-0.15, -0.1) is 0 Å². The molecule has 0 unspecified atom stereocenters. The minimum atomic E-state index is -1.15. The van der Waals surface area contributed by atoms with Gasteiger partial charge in [0.1, 0.15) is 19.0 Å². The van der Waals surface area contributed by atoms with Crippen molar-refractivity contribution in [2.75, 3.05) is 13.3 Å². The number of carbonyl (C=O) groups excluding carboxylic acids is 1. The predicted molar refractivity (Wildman–Crippen MR) is 137 cm³/mol. The first-order chi connectivity index (χ1) is 17.2. The van der Waals surface area contributed by atoms with E-state index < -0.39 is 12.3 Å². The molecular formula is C29H32FN3O3. The molecule has 0 aliphatic rings. The van der Waals surface area contributed by atoms with Crippen LogP contribution < -0.4 is 14.8 Å². The monoisotopic (exact) mass is 488 g/mol. The van der Waals surface area contributed by atoms with Gasteiger partial charge in [0.2, 0.25) is 5.88 Å². The number of ether oxygens (including phenoxy) is 2. The van der Waals surface area contributed by atoms with Crippen molar-refractivity contribution >= 4 is 5.91 Å². The topological polar surface area (TPSA) is 84.2 Å². The Morgan fingerprint density at radius 3 is 2.58 bits per heavy atom. The minimum absolute atomic E-state index is 0.0158. The Balaban J connectivity index is 1.80. The number of hydrogen-bond donors (Lipinski definition) is 1. The van der Waals surface area contributed by atoms with Crippen LogP contribution in [0.25, 0.3) is 0 Å². The van der Waals surface area contributed by atoms with E-state index in [4.69, 9.17) is 9.47 Å². The van der Waals surface area contributed by atoms with Gasteiger partial charge >= 0.3 is 0 Å². The summed E-state index contributed by atoms with van der Waals surface area (Å²) in [5.41, 5.74) is 2.36.